The molecule has 1 aliphatic heterocycles. The minimum atomic E-state index is 0.117. The van der Waals surface area contributed by atoms with Crippen molar-refractivity contribution in [2.24, 2.45) is 0 Å². The number of benzene rings is 1. The van der Waals surface area contributed by atoms with Crippen LogP contribution >= 0.6 is 0 Å². The molecule has 2 aromatic rings. The van der Waals surface area contributed by atoms with Gasteiger partial charge in [-0.3, -0.25) is 4.98 Å². The molecule has 0 saturated carbocycles. The van der Waals surface area contributed by atoms with Crippen LogP contribution in [0.2, 0.25) is 0 Å². The van der Waals surface area contributed by atoms with E-state index in [9.17, 15) is 0 Å². The summed E-state index contributed by atoms with van der Waals surface area (Å²) in [6.45, 7) is 4.47. The quantitative estimate of drug-likeness (QED) is 0.627. The third kappa shape index (κ3) is 1.05. The smallest absolute Gasteiger partial charge is 0.0737 e. The van der Waals surface area contributed by atoms with Crippen LogP contribution in [0.5, 0.6) is 0 Å². The number of aromatic nitrogens is 1. The van der Waals surface area contributed by atoms with Crippen LogP contribution in [-0.2, 0) is 5.41 Å². The van der Waals surface area contributed by atoms with Crippen LogP contribution in [0.25, 0.3) is 11.3 Å². The summed E-state index contributed by atoms with van der Waals surface area (Å²) in [5.74, 6) is 0.431. The number of allylic oxidation sites excluding steroid dienone is 2. The van der Waals surface area contributed by atoms with Crippen LogP contribution < -0.4 is 0 Å². The van der Waals surface area contributed by atoms with E-state index in [0.29, 0.717) is 5.92 Å². The molecule has 0 fully saturated rings. The average molecular weight is 233 g/mol. The highest BCUT2D eigenvalue weighted by Crippen LogP contribution is 2.52. The summed E-state index contributed by atoms with van der Waals surface area (Å²) in [5, 5.41) is 0. The second-order valence-corrected chi connectivity index (χ2v) is 5.57. The Morgan fingerprint density at radius 3 is 2.72 bits per heavy atom. The molecule has 0 saturated heterocycles. The summed E-state index contributed by atoms with van der Waals surface area (Å²) in [7, 11) is 0. The molecule has 2 unspecified atom stereocenters. The van der Waals surface area contributed by atoms with Gasteiger partial charge in [0.1, 0.15) is 0 Å². The second kappa shape index (κ2) is 3.11. The summed E-state index contributed by atoms with van der Waals surface area (Å²) in [6, 6.07) is 13.1. The van der Waals surface area contributed by atoms with E-state index in [4.69, 9.17) is 4.98 Å². The monoisotopic (exact) mass is 233 g/mol. The lowest BCUT2D eigenvalue weighted by molar-refractivity contribution is 0.476. The molecule has 0 N–H and O–H groups in total. The lowest BCUT2D eigenvalue weighted by Gasteiger charge is -2.40. The topological polar surface area (TPSA) is 12.9 Å². The molecule has 4 rings (SSSR count). The lowest BCUT2D eigenvalue weighted by Crippen LogP contribution is -2.33. The van der Waals surface area contributed by atoms with Gasteiger partial charge in [0.05, 0.1) is 5.69 Å². The van der Waals surface area contributed by atoms with Gasteiger partial charge in [0.15, 0.2) is 0 Å². The zero-order valence-corrected chi connectivity index (χ0v) is 10.6. The SMILES string of the molecule is Cc1ccc2nc1-c1ccccc1C1(C)C=CC21. The van der Waals surface area contributed by atoms with E-state index in [1.54, 1.807) is 0 Å². The van der Waals surface area contributed by atoms with Gasteiger partial charge in [-0.2, -0.15) is 0 Å². The second-order valence-electron chi connectivity index (χ2n) is 5.57. The molecule has 0 spiro atoms. The minimum absolute atomic E-state index is 0.117. The first-order chi connectivity index (χ1) is 8.70. The Morgan fingerprint density at radius 2 is 1.94 bits per heavy atom. The van der Waals surface area contributed by atoms with Gasteiger partial charge in [0, 0.05) is 22.6 Å². The minimum Gasteiger partial charge on any atom is -0.252 e. The van der Waals surface area contributed by atoms with Crippen molar-refractivity contribution in [2.45, 2.75) is 25.2 Å². The molecule has 88 valence electrons. The van der Waals surface area contributed by atoms with Crippen LogP contribution in [0.15, 0.2) is 48.6 Å². The molecule has 1 heteroatoms. The third-order valence-electron chi connectivity index (χ3n) is 4.48. The Labute approximate surface area is 107 Å². The predicted octanol–water partition coefficient (Wildman–Crippen LogP) is 3.98. The van der Waals surface area contributed by atoms with Crippen molar-refractivity contribution in [3.8, 4) is 11.3 Å². The third-order valence-corrected chi connectivity index (χ3v) is 4.48. The summed E-state index contributed by atoms with van der Waals surface area (Å²) < 4.78 is 0. The van der Waals surface area contributed by atoms with E-state index >= 15 is 0 Å². The number of fused-ring (bicyclic) bond motifs is 7. The highest BCUT2D eigenvalue weighted by molar-refractivity contribution is 5.72. The number of nitrogens with zero attached hydrogens (tertiary/aromatic N) is 1. The number of rotatable bonds is 0. The maximum absolute atomic E-state index is 4.89. The van der Waals surface area contributed by atoms with Gasteiger partial charge in [-0.1, -0.05) is 49.4 Å². The fourth-order valence-electron chi connectivity index (χ4n) is 3.29. The van der Waals surface area contributed by atoms with Crippen molar-refractivity contribution in [1.29, 1.82) is 0 Å². The van der Waals surface area contributed by atoms with Crippen molar-refractivity contribution in [3.05, 3.63) is 65.4 Å². The molecule has 18 heavy (non-hydrogen) atoms. The average Bonchev–Trinajstić information content (AvgIpc) is 2.43. The van der Waals surface area contributed by atoms with Crippen molar-refractivity contribution >= 4 is 0 Å². The molecule has 2 heterocycles. The van der Waals surface area contributed by atoms with Gasteiger partial charge >= 0.3 is 0 Å². The Kier molecular flexibility index (Phi) is 1.74. The van der Waals surface area contributed by atoms with Crippen molar-refractivity contribution in [2.75, 3.05) is 0 Å². The van der Waals surface area contributed by atoms with Crippen molar-refractivity contribution in [1.82, 2.24) is 4.98 Å². The highest BCUT2D eigenvalue weighted by Gasteiger charge is 2.43. The first kappa shape index (κ1) is 10.1. The Hall–Kier alpha value is -1.89. The molecule has 0 radical (unpaired) electrons. The van der Waals surface area contributed by atoms with Crippen molar-refractivity contribution in [3.63, 3.8) is 0 Å². The molecular weight excluding hydrogens is 218 g/mol. The highest BCUT2D eigenvalue weighted by atomic mass is 14.8. The first-order valence-corrected chi connectivity index (χ1v) is 6.47. The largest absolute Gasteiger partial charge is 0.252 e. The molecule has 1 nitrogen and oxygen atoms in total. The van der Waals surface area contributed by atoms with E-state index in [1.807, 2.05) is 0 Å². The lowest BCUT2D eigenvalue weighted by atomic mass is 9.62. The zero-order valence-electron chi connectivity index (χ0n) is 10.6. The molecule has 0 amide bonds. The van der Waals surface area contributed by atoms with Gasteiger partial charge in [0.25, 0.3) is 0 Å². The summed E-state index contributed by atoms with van der Waals surface area (Å²) in [5.41, 5.74) is 6.44. The van der Waals surface area contributed by atoms with Crippen LogP contribution in [0.4, 0.5) is 0 Å². The summed E-state index contributed by atoms with van der Waals surface area (Å²) in [4.78, 5) is 4.89. The van der Waals surface area contributed by atoms with Gasteiger partial charge < -0.3 is 0 Å². The number of aryl methyl sites for hydroxylation is 1. The summed E-state index contributed by atoms with van der Waals surface area (Å²) >= 11 is 0. The predicted molar refractivity (Wildman–Crippen MR) is 73.6 cm³/mol. The fourth-order valence-corrected chi connectivity index (χ4v) is 3.29. The van der Waals surface area contributed by atoms with E-state index in [-0.39, 0.29) is 5.41 Å². The van der Waals surface area contributed by atoms with Crippen LogP contribution in [-0.4, -0.2) is 4.98 Å². The molecule has 1 aromatic carbocycles. The number of hydrogen-bond donors (Lipinski definition) is 0. The Bertz CT molecular complexity index is 684. The van der Waals surface area contributed by atoms with Gasteiger partial charge in [-0.05, 0) is 24.1 Å². The normalized spacial score (nSPS) is 26.9. The Morgan fingerprint density at radius 1 is 1.11 bits per heavy atom. The molecule has 2 aliphatic rings. The van der Waals surface area contributed by atoms with Crippen LogP contribution in [0, 0.1) is 6.92 Å². The van der Waals surface area contributed by atoms with Gasteiger partial charge in [-0.15, -0.1) is 0 Å². The Balaban J connectivity index is 2.14. The van der Waals surface area contributed by atoms with E-state index in [1.165, 1.54) is 22.4 Å². The maximum Gasteiger partial charge on any atom is 0.0737 e. The zero-order chi connectivity index (χ0) is 12.3. The van der Waals surface area contributed by atoms with Crippen LogP contribution in [0.3, 0.4) is 0 Å². The number of pyridine rings is 1. The van der Waals surface area contributed by atoms with Crippen molar-refractivity contribution < 1.29 is 0 Å². The first-order valence-electron chi connectivity index (χ1n) is 6.47. The van der Waals surface area contributed by atoms with Gasteiger partial charge in [-0.25, -0.2) is 0 Å². The molecule has 2 atom stereocenters. The number of hydrogen-bond acceptors (Lipinski definition) is 1. The fraction of sp³-hybridized carbons (Fsp3) is 0.235. The molecule has 1 aliphatic carbocycles. The molecule has 2 bridgehead atoms. The van der Waals surface area contributed by atoms with Crippen LogP contribution in [0.1, 0.15) is 29.7 Å². The standard InChI is InChI=1S/C17H15N/c1-11-7-8-15-14-9-10-17(14,2)13-6-4-3-5-12(13)16(11)18-15/h3-10,14H,1-2H3. The van der Waals surface area contributed by atoms with E-state index in [2.05, 4.69) is 62.4 Å². The van der Waals surface area contributed by atoms with E-state index < -0.39 is 0 Å². The summed E-state index contributed by atoms with van der Waals surface area (Å²) in [6.07, 6.45) is 4.60. The molecular formula is C17H15N. The van der Waals surface area contributed by atoms with Gasteiger partial charge in [0.2, 0.25) is 0 Å². The molecule has 1 aromatic heterocycles. The van der Waals surface area contributed by atoms with E-state index in [0.717, 1.165) is 5.69 Å². The maximum atomic E-state index is 4.89.